The molecule has 17 heavy (non-hydrogen) atoms. The minimum Gasteiger partial charge on any atom is -0.380 e. The number of nitrogens with zero attached hydrogens (tertiary/aromatic N) is 1. The van der Waals surface area contributed by atoms with E-state index in [0.717, 1.165) is 11.8 Å². The maximum atomic E-state index is 11.3. The zero-order valence-corrected chi connectivity index (χ0v) is 10.4. The highest BCUT2D eigenvalue weighted by Gasteiger charge is 2.38. The van der Waals surface area contributed by atoms with Gasteiger partial charge in [-0.25, -0.2) is 4.98 Å². The number of hydrogen-bond donors (Lipinski definition) is 0. The van der Waals surface area contributed by atoms with Gasteiger partial charge in [0.2, 0.25) is 0 Å². The van der Waals surface area contributed by atoms with Crippen molar-refractivity contribution in [3.8, 4) is 0 Å². The lowest BCUT2D eigenvalue weighted by molar-refractivity contribution is -0.112. The molecule has 0 bridgehead atoms. The first kappa shape index (κ1) is 12.5. The van der Waals surface area contributed by atoms with Crippen molar-refractivity contribution in [2.24, 2.45) is 0 Å². The van der Waals surface area contributed by atoms with E-state index < -0.39 is 5.41 Å². The zero-order chi connectivity index (χ0) is 12.3. The van der Waals surface area contributed by atoms with Gasteiger partial charge in [-0.3, -0.25) is 0 Å². The number of hydrogen-bond acceptors (Lipinski definition) is 4. The number of methoxy groups -OCH3 is 1. The van der Waals surface area contributed by atoms with Crippen LogP contribution in [0.15, 0.2) is 12.1 Å². The molecule has 0 amide bonds. The van der Waals surface area contributed by atoms with E-state index in [2.05, 4.69) is 4.98 Å². The van der Waals surface area contributed by atoms with Gasteiger partial charge in [0.15, 0.2) is 0 Å². The molecule has 1 aromatic heterocycles. The Morgan fingerprint density at radius 1 is 1.65 bits per heavy atom. The minimum atomic E-state index is -0.645. The molecule has 1 atom stereocenters. The van der Waals surface area contributed by atoms with Gasteiger partial charge in [0.25, 0.3) is 0 Å². The Labute approximate surface area is 105 Å². The summed E-state index contributed by atoms with van der Waals surface area (Å²) in [6.07, 6.45) is 1.56. The van der Waals surface area contributed by atoms with Crippen LogP contribution in [-0.2, 0) is 26.3 Å². The summed E-state index contributed by atoms with van der Waals surface area (Å²) in [5, 5.41) is 0.377. The van der Waals surface area contributed by atoms with Crippen molar-refractivity contribution in [1.82, 2.24) is 4.98 Å². The number of halogens is 1. The van der Waals surface area contributed by atoms with Gasteiger partial charge in [-0.15, -0.1) is 0 Å². The van der Waals surface area contributed by atoms with E-state index in [4.69, 9.17) is 21.1 Å². The molecular formula is C12H14ClNO3. The van der Waals surface area contributed by atoms with Crippen molar-refractivity contribution < 1.29 is 14.3 Å². The van der Waals surface area contributed by atoms with Crippen molar-refractivity contribution in [3.63, 3.8) is 0 Å². The van der Waals surface area contributed by atoms with Crippen LogP contribution in [0.5, 0.6) is 0 Å². The van der Waals surface area contributed by atoms with Gasteiger partial charge in [-0.1, -0.05) is 11.6 Å². The number of carbonyl (C=O) groups is 1. The third-order valence-electron chi connectivity index (χ3n) is 2.95. The topological polar surface area (TPSA) is 48.4 Å². The predicted molar refractivity (Wildman–Crippen MR) is 63.1 cm³/mol. The van der Waals surface area contributed by atoms with Crippen LogP contribution >= 0.6 is 11.6 Å². The summed E-state index contributed by atoms with van der Waals surface area (Å²) in [4.78, 5) is 15.6. The van der Waals surface area contributed by atoms with E-state index in [1.807, 2.05) is 6.07 Å². The highest BCUT2D eigenvalue weighted by Crippen LogP contribution is 2.31. The smallest absolute Gasteiger partial charge is 0.134 e. The second-order valence-electron chi connectivity index (χ2n) is 4.19. The van der Waals surface area contributed by atoms with Crippen molar-refractivity contribution in [2.45, 2.75) is 18.4 Å². The lowest BCUT2D eigenvalue weighted by Gasteiger charge is -2.20. The molecule has 2 rings (SSSR count). The van der Waals surface area contributed by atoms with Crippen molar-refractivity contribution in [2.75, 3.05) is 20.3 Å². The van der Waals surface area contributed by atoms with Gasteiger partial charge in [-0.2, -0.15) is 0 Å². The average molecular weight is 256 g/mol. The summed E-state index contributed by atoms with van der Waals surface area (Å²) in [7, 11) is 1.61. The number of rotatable bonds is 4. The Morgan fingerprint density at radius 2 is 2.47 bits per heavy atom. The highest BCUT2D eigenvalue weighted by molar-refractivity contribution is 6.29. The molecule has 0 spiro atoms. The van der Waals surface area contributed by atoms with Crippen LogP contribution < -0.4 is 0 Å². The maximum absolute atomic E-state index is 11.3. The Kier molecular flexibility index (Phi) is 3.76. The summed E-state index contributed by atoms with van der Waals surface area (Å²) >= 11 is 5.96. The molecule has 4 nitrogen and oxygen atoms in total. The fraction of sp³-hybridized carbons (Fsp3) is 0.500. The van der Waals surface area contributed by atoms with Crippen LogP contribution in [0.4, 0.5) is 0 Å². The van der Waals surface area contributed by atoms with Crippen LogP contribution in [0.3, 0.4) is 0 Å². The molecule has 0 unspecified atom stereocenters. The molecule has 0 saturated carbocycles. The third kappa shape index (κ3) is 2.49. The van der Waals surface area contributed by atoms with E-state index in [0.29, 0.717) is 37.1 Å². The molecular weight excluding hydrogens is 242 g/mol. The number of carbonyl (C=O) groups excluding carboxylic acids is 1. The van der Waals surface area contributed by atoms with Crippen molar-refractivity contribution in [3.05, 3.63) is 28.5 Å². The first-order chi connectivity index (χ1) is 8.20. The number of aromatic nitrogens is 1. The molecule has 1 aliphatic heterocycles. The predicted octanol–water partition coefficient (Wildman–Crippen LogP) is 1.74. The maximum Gasteiger partial charge on any atom is 0.134 e. The van der Waals surface area contributed by atoms with Gasteiger partial charge in [0, 0.05) is 13.7 Å². The second-order valence-corrected chi connectivity index (χ2v) is 4.58. The van der Waals surface area contributed by atoms with Crippen molar-refractivity contribution in [1.29, 1.82) is 0 Å². The molecule has 1 aliphatic rings. The SMILES string of the molecule is COCc1cc(Cl)nc([C@]2(C=O)CCOC2)c1. The Hall–Kier alpha value is -0.970. The largest absolute Gasteiger partial charge is 0.380 e. The average Bonchev–Trinajstić information content (AvgIpc) is 2.78. The molecule has 92 valence electrons. The first-order valence-corrected chi connectivity index (χ1v) is 5.78. The summed E-state index contributed by atoms with van der Waals surface area (Å²) in [5.41, 5.74) is 0.938. The molecule has 1 aromatic rings. The molecule has 1 saturated heterocycles. The summed E-state index contributed by atoms with van der Waals surface area (Å²) in [6.45, 7) is 1.40. The molecule has 0 aliphatic carbocycles. The lowest BCUT2D eigenvalue weighted by atomic mass is 9.84. The molecule has 0 radical (unpaired) electrons. The second kappa shape index (κ2) is 5.12. The first-order valence-electron chi connectivity index (χ1n) is 5.40. The van der Waals surface area contributed by atoms with E-state index in [1.165, 1.54) is 0 Å². The van der Waals surface area contributed by atoms with Gasteiger partial charge < -0.3 is 14.3 Å². The van der Waals surface area contributed by atoms with Crippen LogP contribution in [0.2, 0.25) is 5.15 Å². The molecule has 2 heterocycles. The minimum absolute atomic E-state index is 0.371. The Bertz CT molecular complexity index is 416. The van der Waals surface area contributed by atoms with Crippen LogP contribution in [0.1, 0.15) is 17.7 Å². The van der Waals surface area contributed by atoms with Gasteiger partial charge in [0.1, 0.15) is 11.4 Å². The molecule has 1 fully saturated rings. The van der Waals surface area contributed by atoms with Crippen LogP contribution in [0, 0.1) is 0 Å². The summed E-state index contributed by atoms with van der Waals surface area (Å²) < 4.78 is 10.4. The van der Waals surface area contributed by atoms with Gasteiger partial charge >= 0.3 is 0 Å². The standard InChI is InChI=1S/C12H14ClNO3/c1-16-6-9-4-10(14-11(13)5-9)12(7-15)2-3-17-8-12/h4-5,7H,2-3,6,8H2,1H3/t12-/m0/s1. The lowest BCUT2D eigenvalue weighted by Crippen LogP contribution is -2.29. The summed E-state index contributed by atoms with van der Waals surface area (Å²) in [6, 6.07) is 3.60. The van der Waals surface area contributed by atoms with Crippen LogP contribution in [-0.4, -0.2) is 31.6 Å². The van der Waals surface area contributed by atoms with Gasteiger partial charge in [-0.05, 0) is 24.1 Å². The monoisotopic (exact) mass is 255 g/mol. The van der Waals surface area contributed by atoms with E-state index in [9.17, 15) is 4.79 Å². The van der Waals surface area contributed by atoms with E-state index >= 15 is 0 Å². The Balaban J connectivity index is 2.39. The van der Waals surface area contributed by atoms with E-state index in [-0.39, 0.29) is 0 Å². The fourth-order valence-corrected chi connectivity index (χ4v) is 2.22. The third-order valence-corrected chi connectivity index (χ3v) is 3.15. The molecule has 0 N–H and O–H groups in total. The van der Waals surface area contributed by atoms with Crippen LogP contribution in [0.25, 0.3) is 0 Å². The number of pyridine rings is 1. The van der Waals surface area contributed by atoms with Gasteiger partial charge in [0.05, 0.1) is 24.3 Å². The van der Waals surface area contributed by atoms with Crippen molar-refractivity contribution >= 4 is 17.9 Å². The summed E-state index contributed by atoms with van der Waals surface area (Å²) in [5.74, 6) is 0. The van der Waals surface area contributed by atoms with E-state index in [1.54, 1.807) is 13.2 Å². The zero-order valence-electron chi connectivity index (χ0n) is 9.61. The quantitative estimate of drug-likeness (QED) is 0.607. The molecule has 5 heteroatoms. The highest BCUT2D eigenvalue weighted by atomic mass is 35.5. The fourth-order valence-electron chi connectivity index (χ4n) is 1.99. The Morgan fingerprint density at radius 3 is 3.06 bits per heavy atom. The number of aldehydes is 1. The number of ether oxygens (including phenoxy) is 2. The normalized spacial score (nSPS) is 23.9. The molecule has 0 aromatic carbocycles.